The Morgan fingerprint density at radius 1 is 1.07 bits per heavy atom. The fourth-order valence-electron chi connectivity index (χ4n) is 3.12. The van der Waals surface area contributed by atoms with Gasteiger partial charge in [-0.15, -0.1) is 10.2 Å². The molecular weight excluding hydrogens is 467 g/mol. The van der Waals surface area contributed by atoms with Crippen molar-refractivity contribution in [2.24, 2.45) is 10.2 Å². The summed E-state index contributed by atoms with van der Waals surface area (Å²) in [5.41, 5.74) is 2.34. The van der Waals surface area contributed by atoms with Gasteiger partial charge in [-0.2, -0.15) is 0 Å². The maximum Gasteiger partial charge on any atom is 0.221 e. The second kappa shape index (κ2) is 8.73. The Morgan fingerprint density at radius 3 is 2.57 bits per heavy atom. The van der Waals surface area contributed by atoms with Gasteiger partial charge in [-0.1, -0.05) is 58.4 Å². The number of hydrogen-bond donors (Lipinski definition) is 2. The zero-order chi connectivity index (χ0) is 21.1. The normalized spacial score (nSPS) is 11.3. The summed E-state index contributed by atoms with van der Waals surface area (Å²) >= 11 is 8.62. The van der Waals surface area contributed by atoms with Crippen molar-refractivity contribution in [2.75, 3.05) is 5.32 Å². The summed E-state index contributed by atoms with van der Waals surface area (Å²) < 4.78 is 16.4. The first-order valence-electron chi connectivity index (χ1n) is 9.05. The minimum atomic E-state index is -0.443. The highest BCUT2D eigenvalue weighted by molar-refractivity contribution is 9.10. The van der Waals surface area contributed by atoms with E-state index in [1.807, 2.05) is 48.5 Å². The average molecular weight is 483 g/mol. The van der Waals surface area contributed by atoms with Crippen LogP contribution in [0.15, 0.2) is 87.5 Å². The molecule has 5 nitrogen and oxygen atoms in total. The largest absolute Gasteiger partial charge is 0.493 e. The maximum absolute atomic E-state index is 13.8. The molecule has 0 aliphatic carbocycles. The van der Waals surface area contributed by atoms with E-state index in [1.165, 1.54) is 6.07 Å². The van der Waals surface area contributed by atoms with E-state index < -0.39 is 5.82 Å². The highest BCUT2D eigenvalue weighted by atomic mass is 79.9. The van der Waals surface area contributed by atoms with Crippen molar-refractivity contribution in [3.63, 3.8) is 0 Å². The van der Waals surface area contributed by atoms with Crippen LogP contribution in [-0.2, 0) is 6.54 Å². The van der Waals surface area contributed by atoms with Crippen LogP contribution in [0.25, 0.3) is 10.9 Å². The molecule has 0 saturated carbocycles. The van der Waals surface area contributed by atoms with Crippen molar-refractivity contribution < 1.29 is 9.50 Å². The molecule has 8 heteroatoms. The number of thiocarbonyl (C=S) groups is 1. The van der Waals surface area contributed by atoms with Crippen molar-refractivity contribution >= 4 is 55.5 Å². The lowest BCUT2D eigenvalue weighted by atomic mass is 10.2. The maximum atomic E-state index is 13.8. The molecule has 4 rings (SSSR count). The van der Waals surface area contributed by atoms with Gasteiger partial charge in [0, 0.05) is 9.86 Å². The summed E-state index contributed by atoms with van der Waals surface area (Å²) in [6, 6.07) is 21.6. The van der Waals surface area contributed by atoms with Gasteiger partial charge >= 0.3 is 0 Å². The fourth-order valence-corrected chi connectivity index (χ4v) is 3.63. The molecule has 0 aliphatic rings. The van der Waals surface area contributed by atoms with Gasteiger partial charge < -0.3 is 15.0 Å². The van der Waals surface area contributed by atoms with Crippen molar-refractivity contribution in [1.82, 2.24) is 4.57 Å². The highest BCUT2D eigenvalue weighted by Crippen LogP contribution is 2.40. The smallest absolute Gasteiger partial charge is 0.221 e. The van der Waals surface area contributed by atoms with E-state index in [0.717, 1.165) is 20.9 Å². The average Bonchev–Trinajstić information content (AvgIpc) is 2.99. The number of benzene rings is 3. The van der Waals surface area contributed by atoms with E-state index in [9.17, 15) is 9.50 Å². The Kier molecular flexibility index (Phi) is 5.87. The predicted molar refractivity (Wildman–Crippen MR) is 124 cm³/mol. The van der Waals surface area contributed by atoms with Crippen molar-refractivity contribution in [1.29, 1.82) is 0 Å². The van der Waals surface area contributed by atoms with Crippen LogP contribution in [0.2, 0.25) is 0 Å². The van der Waals surface area contributed by atoms with E-state index in [2.05, 4.69) is 31.5 Å². The van der Waals surface area contributed by atoms with Crippen LogP contribution in [0.5, 0.6) is 5.88 Å². The third kappa shape index (κ3) is 4.24. The molecule has 30 heavy (non-hydrogen) atoms. The summed E-state index contributed by atoms with van der Waals surface area (Å²) in [4.78, 5) is 0. The first kappa shape index (κ1) is 20.2. The molecule has 0 unspecified atom stereocenters. The summed E-state index contributed by atoms with van der Waals surface area (Å²) in [7, 11) is 0. The van der Waals surface area contributed by atoms with Crippen LogP contribution in [0, 0.1) is 5.82 Å². The Hall–Kier alpha value is -3.10. The van der Waals surface area contributed by atoms with Gasteiger partial charge in [-0.25, -0.2) is 4.39 Å². The second-order valence-corrected chi connectivity index (χ2v) is 7.82. The number of fused-ring (bicyclic) bond motifs is 1. The molecule has 0 atom stereocenters. The van der Waals surface area contributed by atoms with Gasteiger partial charge in [0.05, 0.1) is 17.7 Å². The van der Waals surface area contributed by atoms with Crippen LogP contribution in [0.3, 0.4) is 0 Å². The molecule has 4 aromatic rings. The van der Waals surface area contributed by atoms with Gasteiger partial charge in [0.1, 0.15) is 5.82 Å². The monoisotopic (exact) mass is 482 g/mol. The number of halogens is 2. The van der Waals surface area contributed by atoms with E-state index in [-0.39, 0.29) is 16.7 Å². The standard InChI is InChI=1S/C22H16BrFN4OS/c23-15-10-11-19-16(12-15)20(21(29)28(19)13-14-6-2-1-3-7-14)26-27-22(30)25-18-9-5-4-8-17(18)24/h1-12,29H,13H2,(H,25,30). The molecule has 150 valence electrons. The van der Waals surface area contributed by atoms with Gasteiger partial charge in [-0.3, -0.25) is 0 Å². The molecule has 0 amide bonds. The minimum Gasteiger partial charge on any atom is -0.493 e. The first-order chi connectivity index (χ1) is 14.5. The predicted octanol–water partition coefficient (Wildman–Crippen LogP) is 6.78. The molecule has 0 fully saturated rings. The van der Waals surface area contributed by atoms with Gasteiger partial charge in [0.2, 0.25) is 11.0 Å². The van der Waals surface area contributed by atoms with Crippen LogP contribution >= 0.6 is 28.1 Å². The van der Waals surface area contributed by atoms with Crippen LogP contribution in [0.4, 0.5) is 15.8 Å². The van der Waals surface area contributed by atoms with Gasteiger partial charge in [0.15, 0.2) is 5.69 Å². The number of hydrogen-bond acceptors (Lipinski definition) is 3. The number of nitrogens with zero attached hydrogens (tertiary/aromatic N) is 3. The van der Waals surface area contributed by atoms with E-state index in [4.69, 9.17) is 12.2 Å². The third-order valence-electron chi connectivity index (χ3n) is 4.51. The number of anilines is 1. The van der Waals surface area contributed by atoms with E-state index in [0.29, 0.717) is 12.2 Å². The number of azo groups is 1. The Labute approximate surface area is 186 Å². The second-order valence-electron chi connectivity index (χ2n) is 6.52. The number of nitrogens with one attached hydrogen (secondary N) is 1. The first-order valence-corrected chi connectivity index (χ1v) is 10.2. The van der Waals surface area contributed by atoms with Crippen LogP contribution < -0.4 is 5.32 Å². The number of aromatic nitrogens is 1. The SMILES string of the molecule is Oc1c(N=NC(=S)Nc2ccccc2F)c2cc(Br)ccc2n1Cc1ccccc1. The molecule has 3 aromatic carbocycles. The zero-order valence-corrected chi connectivity index (χ0v) is 18.0. The molecular formula is C22H16BrFN4OS. The topological polar surface area (TPSA) is 61.9 Å². The molecule has 0 saturated heterocycles. The Bertz CT molecular complexity index is 1260. The van der Waals surface area contributed by atoms with Crippen LogP contribution in [0.1, 0.15) is 5.56 Å². The van der Waals surface area contributed by atoms with Gasteiger partial charge in [-0.05, 0) is 48.1 Å². The number of aromatic hydroxyl groups is 1. The third-order valence-corrected chi connectivity index (χ3v) is 5.19. The van der Waals surface area contributed by atoms with E-state index >= 15 is 0 Å². The van der Waals surface area contributed by atoms with Gasteiger partial charge in [0.25, 0.3) is 0 Å². The zero-order valence-electron chi connectivity index (χ0n) is 15.6. The Balaban J connectivity index is 1.69. The lowest BCUT2D eigenvalue weighted by molar-refractivity contribution is 0.429. The quantitative estimate of drug-likeness (QED) is 0.249. The highest BCUT2D eigenvalue weighted by Gasteiger charge is 2.17. The number of rotatable bonds is 4. The van der Waals surface area contributed by atoms with Crippen molar-refractivity contribution in [3.05, 3.63) is 88.6 Å². The minimum absolute atomic E-state index is 0.0153. The molecule has 1 heterocycles. The molecule has 0 aliphatic heterocycles. The molecule has 0 radical (unpaired) electrons. The summed E-state index contributed by atoms with van der Waals surface area (Å²) in [5, 5.41) is 22.4. The number of para-hydroxylation sites is 1. The molecule has 1 aromatic heterocycles. The lowest BCUT2D eigenvalue weighted by Crippen LogP contribution is -2.06. The fraction of sp³-hybridized carbons (Fsp3) is 0.0455. The summed E-state index contributed by atoms with van der Waals surface area (Å²) in [6.07, 6.45) is 0. The van der Waals surface area contributed by atoms with E-state index in [1.54, 1.807) is 22.8 Å². The summed E-state index contributed by atoms with van der Waals surface area (Å²) in [5.74, 6) is -0.467. The lowest BCUT2D eigenvalue weighted by Gasteiger charge is -2.07. The molecule has 0 spiro atoms. The van der Waals surface area contributed by atoms with Crippen molar-refractivity contribution in [2.45, 2.75) is 6.54 Å². The van der Waals surface area contributed by atoms with Crippen LogP contribution in [-0.4, -0.2) is 14.8 Å². The molecule has 2 N–H and O–H groups in total. The molecule has 0 bridgehead atoms. The Morgan fingerprint density at radius 2 is 1.80 bits per heavy atom. The summed E-state index contributed by atoms with van der Waals surface area (Å²) in [6.45, 7) is 0.470. The van der Waals surface area contributed by atoms with Crippen molar-refractivity contribution in [3.8, 4) is 5.88 Å².